The van der Waals surface area contributed by atoms with E-state index in [1.165, 1.54) is 36.0 Å². The van der Waals surface area contributed by atoms with Gasteiger partial charge in [-0.1, -0.05) is 30.3 Å². The summed E-state index contributed by atoms with van der Waals surface area (Å²) in [5, 5.41) is 0. The summed E-state index contributed by atoms with van der Waals surface area (Å²) in [5.74, 6) is -0.468. The number of carbonyl (C=O) groups excluding carboxylic acids is 1. The van der Waals surface area contributed by atoms with Crippen molar-refractivity contribution in [3.63, 3.8) is 0 Å². The number of pyridine rings is 1. The molecule has 2 heterocycles. The van der Waals surface area contributed by atoms with Crippen LogP contribution in [-0.2, 0) is 22.5 Å². The molecule has 1 fully saturated rings. The van der Waals surface area contributed by atoms with Crippen molar-refractivity contribution >= 4 is 17.2 Å². The Hall–Kier alpha value is -2.13. The number of carbonyl (C=O) groups is 1. The van der Waals surface area contributed by atoms with Crippen molar-refractivity contribution in [2.75, 3.05) is 26.7 Å². The molecule has 156 valence electrons. The number of rotatable bonds is 9. The van der Waals surface area contributed by atoms with Gasteiger partial charge in [-0.25, -0.2) is 9.10 Å². The van der Waals surface area contributed by atoms with Crippen molar-refractivity contribution < 1.29 is 18.3 Å². The fourth-order valence-corrected chi connectivity index (χ4v) is 4.19. The third kappa shape index (κ3) is 5.93. The Morgan fingerprint density at radius 1 is 1.24 bits per heavy atom. The van der Waals surface area contributed by atoms with E-state index in [1.54, 1.807) is 12.1 Å². The summed E-state index contributed by atoms with van der Waals surface area (Å²) in [7, 11) is 1.31. The summed E-state index contributed by atoms with van der Waals surface area (Å²) in [5.41, 5.74) is 2.13. The van der Waals surface area contributed by atoms with Crippen molar-refractivity contribution in [2.45, 2.75) is 31.8 Å². The summed E-state index contributed by atoms with van der Waals surface area (Å²) < 4.78 is 29.7. The van der Waals surface area contributed by atoms with Crippen LogP contribution in [0, 0.1) is 0 Å². The van der Waals surface area contributed by atoms with Gasteiger partial charge in [0.25, 0.3) is 0 Å². The number of methoxy groups -OCH3 is 1. The minimum atomic E-state index is -2.36. The highest BCUT2D eigenvalue weighted by Crippen LogP contribution is 2.28. The van der Waals surface area contributed by atoms with Crippen LogP contribution in [-0.4, -0.2) is 55.7 Å². The molecule has 0 saturated carbocycles. The van der Waals surface area contributed by atoms with Gasteiger partial charge in [-0.05, 0) is 50.0 Å². The Bertz CT molecular complexity index is 810. The highest BCUT2D eigenvalue weighted by molar-refractivity contribution is 7.76. The molecule has 8 heteroatoms. The maximum Gasteiger partial charge on any atom is 0.339 e. The van der Waals surface area contributed by atoms with Crippen LogP contribution in [0.25, 0.3) is 0 Å². The monoisotopic (exact) mass is 416 g/mol. The van der Waals surface area contributed by atoms with E-state index in [-0.39, 0.29) is 12.6 Å². The first kappa shape index (κ1) is 21.6. The molecule has 2 atom stereocenters. The quantitative estimate of drug-likeness (QED) is 0.461. The molecule has 1 aromatic carbocycles. The largest absolute Gasteiger partial charge is 0.760 e. The van der Waals surface area contributed by atoms with Crippen LogP contribution in [0.1, 0.15) is 46.9 Å². The van der Waals surface area contributed by atoms with E-state index in [0.29, 0.717) is 24.2 Å². The first-order chi connectivity index (χ1) is 14.1. The minimum Gasteiger partial charge on any atom is -0.760 e. The average Bonchev–Trinajstić information content (AvgIpc) is 3.28. The first-order valence-corrected chi connectivity index (χ1v) is 10.8. The molecule has 29 heavy (non-hydrogen) atoms. The van der Waals surface area contributed by atoms with E-state index in [1.807, 2.05) is 18.2 Å². The topological polar surface area (TPSA) is 85.8 Å². The summed E-state index contributed by atoms with van der Waals surface area (Å²) in [6.45, 7) is 2.64. The first-order valence-electron chi connectivity index (χ1n) is 9.75. The van der Waals surface area contributed by atoms with Gasteiger partial charge in [0.1, 0.15) is 0 Å². The fourth-order valence-electron chi connectivity index (χ4n) is 3.70. The molecule has 3 rings (SSSR count). The summed E-state index contributed by atoms with van der Waals surface area (Å²) in [6, 6.07) is 13.7. The van der Waals surface area contributed by atoms with Crippen molar-refractivity contribution in [3.8, 4) is 0 Å². The van der Waals surface area contributed by atoms with Crippen LogP contribution in [0.2, 0.25) is 0 Å². The predicted octanol–water partition coefficient (Wildman–Crippen LogP) is 2.69. The zero-order valence-electron chi connectivity index (χ0n) is 16.5. The lowest BCUT2D eigenvalue weighted by atomic mass is 10.0. The second kappa shape index (κ2) is 10.6. The summed E-state index contributed by atoms with van der Waals surface area (Å²) >= 11 is -2.36. The lowest BCUT2D eigenvalue weighted by Gasteiger charge is -2.31. The maximum absolute atomic E-state index is 11.8. The molecular formula is C21H26N3O4S-. The highest BCUT2D eigenvalue weighted by Gasteiger charge is 2.24. The smallest absolute Gasteiger partial charge is 0.339 e. The van der Waals surface area contributed by atoms with Crippen molar-refractivity contribution in [1.29, 1.82) is 0 Å². The van der Waals surface area contributed by atoms with E-state index in [0.717, 1.165) is 13.1 Å². The molecule has 0 radical (unpaired) electrons. The number of nitrogens with zero attached hydrogens (tertiary/aromatic N) is 3. The van der Waals surface area contributed by atoms with E-state index in [9.17, 15) is 13.6 Å². The summed E-state index contributed by atoms with van der Waals surface area (Å²) in [6.07, 6.45) is 4.47. The molecule has 1 saturated heterocycles. The van der Waals surface area contributed by atoms with Crippen molar-refractivity contribution in [1.82, 2.24) is 14.2 Å². The average molecular weight is 417 g/mol. The highest BCUT2D eigenvalue weighted by atomic mass is 32.2. The van der Waals surface area contributed by atoms with Gasteiger partial charge in [0.05, 0.1) is 24.9 Å². The van der Waals surface area contributed by atoms with Gasteiger partial charge in [-0.2, -0.15) is 0 Å². The summed E-state index contributed by atoms with van der Waals surface area (Å²) in [4.78, 5) is 18.2. The Balaban J connectivity index is 1.67. The van der Waals surface area contributed by atoms with Gasteiger partial charge in [-0.3, -0.25) is 14.1 Å². The zero-order chi connectivity index (χ0) is 20.6. The zero-order valence-corrected chi connectivity index (χ0v) is 17.3. The molecule has 7 nitrogen and oxygen atoms in total. The number of benzene rings is 1. The molecular weight excluding hydrogens is 390 g/mol. The van der Waals surface area contributed by atoms with Crippen LogP contribution in [0.3, 0.4) is 0 Å². The number of esters is 1. The maximum atomic E-state index is 11.8. The van der Waals surface area contributed by atoms with E-state index >= 15 is 0 Å². The van der Waals surface area contributed by atoms with E-state index < -0.39 is 17.2 Å². The number of ether oxygens (including phenoxy) is 1. The van der Waals surface area contributed by atoms with Gasteiger partial charge >= 0.3 is 5.97 Å². The van der Waals surface area contributed by atoms with Crippen molar-refractivity contribution in [2.24, 2.45) is 0 Å². The van der Waals surface area contributed by atoms with Gasteiger partial charge in [-0.15, -0.1) is 0 Å². The number of hydrogen-bond acceptors (Lipinski definition) is 6. The third-order valence-electron chi connectivity index (χ3n) is 5.21. The predicted molar refractivity (Wildman–Crippen MR) is 110 cm³/mol. The van der Waals surface area contributed by atoms with Crippen LogP contribution < -0.4 is 0 Å². The molecule has 0 aliphatic carbocycles. The minimum absolute atomic E-state index is 0.166. The fraction of sp³-hybridized carbons (Fsp3) is 0.429. The molecule has 2 unspecified atom stereocenters. The molecule has 0 spiro atoms. The van der Waals surface area contributed by atoms with Crippen LogP contribution in [0.5, 0.6) is 0 Å². The Labute approximate surface area is 174 Å². The molecule has 1 aromatic heterocycles. The number of aromatic nitrogens is 1. The van der Waals surface area contributed by atoms with Gasteiger partial charge in [0, 0.05) is 30.0 Å². The SMILES string of the molecule is COC(=O)c1ccc(CN(CCC(c2ccccc2)N2CCCC2)S(=O)[O-])nc1. The Morgan fingerprint density at radius 3 is 2.55 bits per heavy atom. The standard InChI is InChI=1S/C21H27N3O4S/c1-28-21(25)18-9-10-19(22-15-18)16-24(29(26)27)14-11-20(23-12-5-6-13-23)17-7-3-2-4-8-17/h2-4,7-10,15,20H,5-6,11-14,16H2,1H3,(H,26,27)/p-1. The van der Waals surface area contributed by atoms with E-state index in [2.05, 4.69) is 26.8 Å². The van der Waals surface area contributed by atoms with Crippen LogP contribution in [0.4, 0.5) is 0 Å². The molecule has 2 aromatic rings. The Morgan fingerprint density at radius 2 is 1.97 bits per heavy atom. The number of hydrogen-bond donors (Lipinski definition) is 0. The third-order valence-corrected chi connectivity index (χ3v) is 5.95. The molecule has 1 aliphatic heterocycles. The lowest BCUT2D eigenvalue weighted by molar-refractivity contribution is 0.0600. The number of likely N-dealkylation sites (tertiary alicyclic amines) is 1. The normalized spacial score (nSPS) is 16.7. The molecule has 1 aliphatic rings. The second-order valence-electron chi connectivity index (χ2n) is 7.07. The second-order valence-corrected chi connectivity index (χ2v) is 8.02. The van der Waals surface area contributed by atoms with Crippen molar-refractivity contribution in [3.05, 3.63) is 65.5 Å². The van der Waals surface area contributed by atoms with Gasteiger partial charge in [0.2, 0.25) is 0 Å². The van der Waals surface area contributed by atoms with Crippen LogP contribution in [0.15, 0.2) is 48.7 Å². The Kier molecular flexibility index (Phi) is 7.88. The molecule has 0 amide bonds. The van der Waals surface area contributed by atoms with E-state index in [4.69, 9.17) is 0 Å². The van der Waals surface area contributed by atoms with Crippen LogP contribution >= 0.6 is 0 Å². The molecule has 0 bridgehead atoms. The molecule has 0 N–H and O–H groups in total. The lowest BCUT2D eigenvalue weighted by Crippen LogP contribution is -2.32. The van der Waals surface area contributed by atoms with Gasteiger partial charge in [0.15, 0.2) is 0 Å². The van der Waals surface area contributed by atoms with Gasteiger partial charge < -0.3 is 9.29 Å².